The van der Waals surface area contributed by atoms with Crippen LogP contribution in [0.3, 0.4) is 0 Å². The van der Waals surface area contributed by atoms with E-state index in [1.807, 2.05) is 24.4 Å². The van der Waals surface area contributed by atoms with Crippen LogP contribution in [0.1, 0.15) is 79.0 Å². The zero-order chi connectivity index (χ0) is 53.4. The molecule has 0 fully saturated rings. The van der Waals surface area contributed by atoms with Gasteiger partial charge in [0.2, 0.25) is 0 Å². The molecule has 0 atom stereocenters. The molecule has 0 unspecified atom stereocenters. The number of benzene rings is 9. The summed E-state index contributed by atoms with van der Waals surface area (Å²) in [4.78, 5) is 10.8. The summed E-state index contributed by atoms with van der Waals surface area (Å²) in [5.74, 6) is 0.830. The quantitative estimate of drug-likeness (QED) is 0.154. The minimum Gasteiger partial charge on any atom is -0.507 e. The molecule has 0 saturated heterocycles. The van der Waals surface area contributed by atoms with Gasteiger partial charge in [0.1, 0.15) is 11.6 Å². The summed E-state index contributed by atoms with van der Waals surface area (Å²) >= 11 is 0. The molecule has 12 aromatic rings. The van der Waals surface area contributed by atoms with E-state index in [1.165, 1.54) is 27.5 Å². The number of aromatic hydroxyl groups is 1. The average Bonchev–Trinajstić information content (AvgIpc) is 4.20. The van der Waals surface area contributed by atoms with Gasteiger partial charge in [0, 0.05) is 60.7 Å². The Balaban J connectivity index is 0.00000645. The molecule has 0 aliphatic rings. The van der Waals surface area contributed by atoms with Crippen LogP contribution in [0.5, 0.6) is 5.75 Å². The van der Waals surface area contributed by atoms with E-state index >= 15 is 0 Å². The van der Waals surface area contributed by atoms with E-state index in [0.717, 1.165) is 89.2 Å². The Bertz CT molecular complexity index is 4190. The SMILES string of the molecule is CC(C)(C)c1cc(-n2c(-c3ccccc3O)nc3c(-c4[c-]c(-c5cc(-c6cccc7c8ccccc8n(-c8ccccc8)c67)ccn5)cc(-c5cc(C(C)(C)C)ccc5-c5ccccc5)c4)cccc32)cc(C(C)(C)C)c1.[Pt]. The molecular formula is C72H63N4OPt-. The molecule has 3 aromatic heterocycles. The van der Waals surface area contributed by atoms with Crippen molar-refractivity contribution < 1.29 is 26.2 Å². The normalized spacial score (nSPS) is 12.1. The third-order valence-electron chi connectivity index (χ3n) is 15.2. The van der Waals surface area contributed by atoms with E-state index in [4.69, 9.17) is 9.97 Å². The van der Waals surface area contributed by atoms with Crippen molar-refractivity contribution in [2.75, 3.05) is 0 Å². The molecule has 0 saturated carbocycles. The Morgan fingerprint density at radius 2 is 1.01 bits per heavy atom. The molecule has 12 rings (SSSR count). The first-order valence-corrected chi connectivity index (χ1v) is 26.8. The topological polar surface area (TPSA) is 55.9 Å². The van der Waals surface area contributed by atoms with Crippen LogP contribution in [0.25, 0.3) is 111 Å². The minimum atomic E-state index is -0.126. The van der Waals surface area contributed by atoms with Gasteiger partial charge in [-0.05, 0) is 110 Å². The fourth-order valence-corrected chi connectivity index (χ4v) is 11.0. The molecule has 5 nitrogen and oxygen atoms in total. The molecule has 9 aromatic carbocycles. The third-order valence-corrected chi connectivity index (χ3v) is 15.2. The van der Waals surface area contributed by atoms with Crippen LogP contribution >= 0.6 is 0 Å². The number of phenols is 1. The number of nitrogens with zero attached hydrogens (tertiary/aromatic N) is 4. The number of rotatable bonds is 8. The van der Waals surface area contributed by atoms with Gasteiger partial charge in [-0.3, -0.25) is 9.55 Å². The molecule has 0 radical (unpaired) electrons. The largest absolute Gasteiger partial charge is 0.507 e. The van der Waals surface area contributed by atoms with Gasteiger partial charge in [0.05, 0.1) is 27.6 Å². The molecule has 388 valence electrons. The molecule has 0 aliphatic heterocycles. The second-order valence-corrected chi connectivity index (χ2v) is 23.6. The van der Waals surface area contributed by atoms with Gasteiger partial charge in [0.15, 0.2) is 0 Å². The first kappa shape index (κ1) is 52.0. The minimum absolute atomic E-state index is 0. The molecule has 1 N–H and O–H groups in total. The molecule has 0 aliphatic carbocycles. The summed E-state index contributed by atoms with van der Waals surface area (Å²) in [7, 11) is 0. The molecule has 0 spiro atoms. The van der Waals surface area contributed by atoms with Crippen LogP contribution in [0, 0.1) is 6.07 Å². The van der Waals surface area contributed by atoms with Crippen molar-refractivity contribution in [3.63, 3.8) is 0 Å². The van der Waals surface area contributed by atoms with E-state index in [0.29, 0.717) is 11.4 Å². The monoisotopic (exact) mass is 1190 g/mol. The molecule has 78 heavy (non-hydrogen) atoms. The smallest absolute Gasteiger partial charge is 0.148 e. The Kier molecular flexibility index (Phi) is 13.3. The number of fused-ring (bicyclic) bond motifs is 4. The predicted octanol–water partition coefficient (Wildman–Crippen LogP) is 18.9. The Hall–Kier alpha value is -8.11. The summed E-state index contributed by atoms with van der Waals surface area (Å²) in [5.41, 5.74) is 20.2. The van der Waals surface area contributed by atoms with Gasteiger partial charge in [-0.15, -0.1) is 23.8 Å². The van der Waals surface area contributed by atoms with Crippen molar-refractivity contribution in [3.05, 3.63) is 235 Å². The molecule has 0 amide bonds. The maximum Gasteiger partial charge on any atom is 0.148 e. The number of phenolic OH excluding ortho intramolecular Hbond substituents is 1. The first-order chi connectivity index (χ1) is 37.0. The number of pyridine rings is 1. The Morgan fingerprint density at radius 1 is 0.410 bits per heavy atom. The number of hydrogen-bond donors (Lipinski definition) is 1. The van der Waals surface area contributed by atoms with Crippen LogP contribution in [0.2, 0.25) is 0 Å². The van der Waals surface area contributed by atoms with E-state index in [1.54, 1.807) is 6.07 Å². The molecule has 0 bridgehead atoms. The van der Waals surface area contributed by atoms with Crippen molar-refractivity contribution in [1.29, 1.82) is 0 Å². The summed E-state index contributed by atoms with van der Waals surface area (Å²) in [6.07, 6.45) is 1.94. The van der Waals surface area contributed by atoms with E-state index in [9.17, 15) is 5.11 Å². The van der Waals surface area contributed by atoms with Crippen molar-refractivity contribution in [2.45, 2.75) is 78.6 Å². The fourth-order valence-electron chi connectivity index (χ4n) is 11.0. The van der Waals surface area contributed by atoms with E-state index < -0.39 is 0 Å². The number of imidazole rings is 1. The zero-order valence-electron chi connectivity index (χ0n) is 45.8. The van der Waals surface area contributed by atoms with E-state index in [2.05, 4.69) is 260 Å². The maximum absolute atomic E-state index is 11.6. The molecule has 6 heteroatoms. The Labute approximate surface area is 473 Å². The second-order valence-electron chi connectivity index (χ2n) is 23.6. The molecular weight excluding hydrogens is 1130 g/mol. The predicted molar refractivity (Wildman–Crippen MR) is 322 cm³/mol. The van der Waals surface area contributed by atoms with Crippen LogP contribution in [-0.2, 0) is 37.3 Å². The van der Waals surface area contributed by atoms with Crippen LogP contribution in [-0.4, -0.2) is 24.2 Å². The maximum atomic E-state index is 11.6. The van der Waals surface area contributed by atoms with Crippen LogP contribution in [0.15, 0.2) is 212 Å². The van der Waals surface area contributed by atoms with Crippen molar-refractivity contribution in [3.8, 4) is 84.3 Å². The van der Waals surface area contributed by atoms with Crippen LogP contribution in [0.4, 0.5) is 0 Å². The van der Waals surface area contributed by atoms with Crippen molar-refractivity contribution in [2.24, 2.45) is 0 Å². The van der Waals surface area contributed by atoms with Crippen molar-refractivity contribution >= 4 is 32.8 Å². The first-order valence-electron chi connectivity index (χ1n) is 26.8. The fraction of sp³-hybridized carbons (Fsp3) is 0.167. The van der Waals surface area contributed by atoms with Crippen molar-refractivity contribution in [1.82, 2.24) is 19.1 Å². The van der Waals surface area contributed by atoms with Crippen LogP contribution < -0.4 is 0 Å². The van der Waals surface area contributed by atoms with Gasteiger partial charge in [0.25, 0.3) is 0 Å². The van der Waals surface area contributed by atoms with E-state index in [-0.39, 0.29) is 43.1 Å². The van der Waals surface area contributed by atoms with Gasteiger partial charge >= 0.3 is 0 Å². The average molecular weight is 1200 g/mol. The van der Waals surface area contributed by atoms with Gasteiger partial charge in [-0.25, -0.2) is 4.98 Å². The summed E-state index contributed by atoms with van der Waals surface area (Å²) in [5, 5.41) is 14.0. The summed E-state index contributed by atoms with van der Waals surface area (Å²) < 4.78 is 4.63. The summed E-state index contributed by atoms with van der Waals surface area (Å²) in [6, 6.07) is 77.4. The number of hydrogen-bond acceptors (Lipinski definition) is 3. The zero-order valence-corrected chi connectivity index (χ0v) is 48.0. The molecule has 3 heterocycles. The van der Waals surface area contributed by atoms with Gasteiger partial charge in [-0.2, -0.15) is 0 Å². The third kappa shape index (κ3) is 9.49. The summed E-state index contributed by atoms with van der Waals surface area (Å²) in [6.45, 7) is 20.4. The number of aromatic nitrogens is 4. The standard InChI is InChI=1S/C72H63N4O.Pt/c1-70(2,3)51-34-35-56(46-22-12-10-13-23-46)62(45-51)49-38-48(39-50(40-49)63-41-47(36-37-73-63)58-29-20-30-60-59-26-16-18-31-64(59)75(68(58)60)54-24-14-11-15-25-54)57-28-21-32-65-67(57)74-69(61-27-17-19-33-66(61)77)76(65)55-43-52(71(4,5)6)42-53(44-55)72(7,8)9;/h10-38,40-45,77H,1-9H3;/q-1;. The second kappa shape index (κ2) is 20.0. The van der Waals surface area contributed by atoms with Gasteiger partial charge in [-0.1, -0.05) is 219 Å². The Morgan fingerprint density at radius 3 is 1.73 bits per heavy atom. The van der Waals surface area contributed by atoms with Gasteiger partial charge < -0.3 is 9.67 Å². The number of para-hydroxylation sites is 5.